The quantitative estimate of drug-likeness (QED) is 0.879. The van der Waals surface area contributed by atoms with Crippen LogP contribution in [0.25, 0.3) is 0 Å². The van der Waals surface area contributed by atoms with Gasteiger partial charge in [0.1, 0.15) is 6.61 Å². The van der Waals surface area contributed by atoms with Crippen molar-refractivity contribution in [3.05, 3.63) is 35.4 Å². The van der Waals surface area contributed by atoms with Gasteiger partial charge >= 0.3 is 6.18 Å². The fraction of sp³-hybridized carbons (Fsp3) is 0.529. The Hall–Kier alpha value is -2.09. The van der Waals surface area contributed by atoms with Crippen molar-refractivity contribution >= 4 is 11.8 Å². The molecule has 0 bridgehead atoms. The van der Waals surface area contributed by atoms with Crippen LogP contribution in [0.5, 0.6) is 0 Å². The van der Waals surface area contributed by atoms with Gasteiger partial charge in [0.05, 0.1) is 6.61 Å². The van der Waals surface area contributed by atoms with Crippen molar-refractivity contribution in [2.75, 3.05) is 26.7 Å². The summed E-state index contributed by atoms with van der Waals surface area (Å²) in [6, 6.07) is 6.33. The van der Waals surface area contributed by atoms with E-state index in [2.05, 4.69) is 10.1 Å². The molecule has 0 radical (unpaired) electrons. The van der Waals surface area contributed by atoms with Gasteiger partial charge in [-0.15, -0.1) is 0 Å². The first kappa shape index (κ1) is 19.2. The van der Waals surface area contributed by atoms with E-state index in [0.717, 1.165) is 0 Å². The number of rotatable bonds is 5. The third-order valence-corrected chi connectivity index (χ3v) is 4.13. The Balaban J connectivity index is 1.85. The van der Waals surface area contributed by atoms with E-state index in [9.17, 15) is 22.8 Å². The fourth-order valence-corrected chi connectivity index (χ4v) is 2.76. The van der Waals surface area contributed by atoms with Crippen LogP contribution < -0.4 is 5.32 Å². The first-order valence-electron chi connectivity index (χ1n) is 8.04. The molecule has 25 heavy (non-hydrogen) atoms. The van der Waals surface area contributed by atoms with Gasteiger partial charge in [0.2, 0.25) is 5.91 Å². The van der Waals surface area contributed by atoms with Gasteiger partial charge in [-0.25, -0.2) is 0 Å². The molecule has 8 heteroatoms. The molecule has 0 atom stereocenters. The Kier molecular flexibility index (Phi) is 6.41. The summed E-state index contributed by atoms with van der Waals surface area (Å²) in [7, 11) is 1.60. The zero-order valence-electron chi connectivity index (χ0n) is 13.9. The van der Waals surface area contributed by atoms with Crippen LogP contribution in [0.15, 0.2) is 24.3 Å². The normalized spacial score (nSPS) is 15.9. The fourth-order valence-electron chi connectivity index (χ4n) is 2.76. The highest BCUT2D eigenvalue weighted by Gasteiger charge is 2.28. The minimum atomic E-state index is -4.35. The van der Waals surface area contributed by atoms with Crippen LogP contribution in [0, 0.1) is 5.92 Å². The summed E-state index contributed by atoms with van der Waals surface area (Å²) < 4.78 is 40.7. The van der Waals surface area contributed by atoms with E-state index in [-0.39, 0.29) is 24.3 Å². The topological polar surface area (TPSA) is 58.6 Å². The molecule has 1 aromatic rings. The van der Waals surface area contributed by atoms with E-state index < -0.39 is 12.8 Å². The lowest BCUT2D eigenvalue weighted by atomic mass is 9.95. The molecule has 1 aromatic carbocycles. The average Bonchev–Trinajstić information content (AvgIpc) is 2.60. The lowest BCUT2D eigenvalue weighted by molar-refractivity contribution is -0.176. The summed E-state index contributed by atoms with van der Waals surface area (Å²) >= 11 is 0. The van der Waals surface area contributed by atoms with E-state index in [1.807, 2.05) is 0 Å². The Morgan fingerprint density at radius 2 is 1.80 bits per heavy atom. The third kappa shape index (κ3) is 5.74. The minimum absolute atomic E-state index is 0.00434. The number of carbonyl (C=O) groups is 2. The number of hydrogen-bond donors (Lipinski definition) is 1. The predicted molar refractivity (Wildman–Crippen MR) is 84.8 cm³/mol. The van der Waals surface area contributed by atoms with Crippen molar-refractivity contribution in [3.8, 4) is 0 Å². The van der Waals surface area contributed by atoms with Gasteiger partial charge in [0.25, 0.3) is 5.91 Å². The van der Waals surface area contributed by atoms with Crippen LogP contribution >= 0.6 is 0 Å². The third-order valence-electron chi connectivity index (χ3n) is 4.13. The Bertz CT molecular complexity index is 594. The van der Waals surface area contributed by atoms with Crippen LogP contribution in [-0.4, -0.2) is 49.6 Å². The number of nitrogens with zero attached hydrogens (tertiary/aromatic N) is 1. The number of piperidine rings is 1. The van der Waals surface area contributed by atoms with Gasteiger partial charge < -0.3 is 15.0 Å². The molecular weight excluding hydrogens is 337 g/mol. The zero-order chi connectivity index (χ0) is 18.4. The number of amides is 2. The molecular formula is C17H21F3N2O3. The number of halogens is 3. The summed E-state index contributed by atoms with van der Waals surface area (Å²) in [6.07, 6.45) is -3.11. The number of nitrogens with one attached hydrogen (secondary N) is 1. The van der Waals surface area contributed by atoms with Crippen LogP contribution in [0.4, 0.5) is 13.2 Å². The van der Waals surface area contributed by atoms with E-state index in [1.165, 1.54) is 0 Å². The first-order chi connectivity index (χ1) is 11.8. The minimum Gasteiger partial charge on any atom is -0.367 e. The highest BCUT2D eigenvalue weighted by molar-refractivity contribution is 5.94. The zero-order valence-corrected chi connectivity index (χ0v) is 13.9. The van der Waals surface area contributed by atoms with Crippen molar-refractivity contribution in [3.63, 3.8) is 0 Å². The van der Waals surface area contributed by atoms with E-state index in [4.69, 9.17) is 0 Å². The number of likely N-dealkylation sites (tertiary alicyclic amines) is 1. The second-order valence-electron chi connectivity index (χ2n) is 5.99. The van der Waals surface area contributed by atoms with Crippen molar-refractivity contribution in [2.24, 2.45) is 5.92 Å². The molecule has 5 nitrogen and oxygen atoms in total. The van der Waals surface area contributed by atoms with Crippen LogP contribution in [-0.2, 0) is 16.1 Å². The van der Waals surface area contributed by atoms with Crippen molar-refractivity contribution in [1.29, 1.82) is 0 Å². The highest BCUT2D eigenvalue weighted by Crippen LogP contribution is 2.20. The molecule has 0 saturated carbocycles. The molecule has 1 fully saturated rings. The SMILES string of the molecule is CNC(=O)C1CCN(C(=O)c2ccc(COCC(F)(F)F)cc2)CC1. The molecule has 0 unspecified atom stereocenters. The maximum Gasteiger partial charge on any atom is 0.411 e. The van der Waals surface area contributed by atoms with Gasteiger partial charge in [0, 0.05) is 31.6 Å². The molecule has 1 saturated heterocycles. The first-order valence-corrected chi connectivity index (χ1v) is 8.04. The second-order valence-corrected chi connectivity index (χ2v) is 5.99. The largest absolute Gasteiger partial charge is 0.411 e. The number of alkyl halides is 3. The molecule has 138 valence electrons. The van der Waals surface area contributed by atoms with Crippen molar-refractivity contribution < 1.29 is 27.5 Å². The lowest BCUT2D eigenvalue weighted by Gasteiger charge is -2.31. The van der Waals surface area contributed by atoms with Gasteiger partial charge in [-0.3, -0.25) is 9.59 Å². The molecule has 0 spiro atoms. The average molecular weight is 358 g/mol. The van der Waals surface area contributed by atoms with Gasteiger partial charge in [0.15, 0.2) is 0 Å². The smallest absolute Gasteiger partial charge is 0.367 e. The van der Waals surface area contributed by atoms with Gasteiger partial charge in [-0.05, 0) is 30.5 Å². The van der Waals surface area contributed by atoms with Crippen LogP contribution in [0.3, 0.4) is 0 Å². The molecule has 2 amide bonds. The monoisotopic (exact) mass is 358 g/mol. The molecule has 0 aliphatic carbocycles. The highest BCUT2D eigenvalue weighted by atomic mass is 19.4. The number of carbonyl (C=O) groups excluding carboxylic acids is 2. The Morgan fingerprint density at radius 3 is 2.32 bits per heavy atom. The number of hydrogen-bond acceptors (Lipinski definition) is 3. The molecule has 1 N–H and O–H groups in total. The van der Waals surface area contributed by atoms with Crippen LogP contribution in [0.1, 0.15) is 28.8 Å². The standard InChI is InChI=1S/C17H21F3N2O3/c1-21-15(23)13-6-8-22(9-7-13)16(24)14-4-2-12(3-5-14)10-25-11-17(18,19)20/h2-5,13H,6-11H2,1H3,(H,21,23). The maximum absolute atomic E-state index is 12.4. The van der Waals surface area contributed by atoms with Gasteiger partial charge in [-0.1, -0.05) is 12.1 Å². The Labute approximate surface area is 144 Å². The van der Waals surface area contributed by atoms with E-state index in [0.29, 0.717) is 37.1 Å². The van der Waals surface area contributed by atoms with E-state index >= 15 is 0 Å². The van der Waals surface area contributed by atoms with Crippen molar-refractivity contribution in [1.82, 2.24) is 10.2 Å². The second kappa shape index (κ2) is 8.33. The summed E-state index contributed by atoms with van der Waals surface area (Å²) in [5.74, 6) is -0.212. The number of ether oxygens (including phenoxy) is 1. The predicted octanol–water partition coefficient (Wildman–Crippen LogP) is 2.36. The summed E-state index contributed by atoms with van der Waals surface area (Å²) in [5, 5.41) is 2.62. The lowest BCUT2D eigenvalue weighted by Crippen LogP contribution is -2.42. The molecule has 1 aliphatic heterocycles. The molecule has 2 rings (SSSR count). The number of benzene rings is 1. The summed E-state index contributed by atoms with van der Waals surface area (Å²) in [6.45, 7) is -0.444. The van der Waals surface area contributed by atoms with Crippen LogP contribution in [0.2, 0.25) is 0 Å². The maximum atomic E-state index is 12.4. The molecule has 0 aromatic heterocycles. The van der Waals surface area contributed by atoms with Crippen molar-refractivity contribution in [2.45, 2.75) is 25.6 Å². The summed E-state index contributed by atoms with van der Waals surface area (Å²) in [5.41, 5.74) is 1.04. The molecule has 1 heterocycles. The molecule has 1 aliphatic rings. The van der Waals surface area contributed by atoms with E-state index in [1.54, 1.807) is 36.2 Å². The summed E-state index contributed by atoms with van der Waals surface area (Å²) in [4.78, 5) is 25.7. The Morgan fingerprint density at radius 1 is 1.20 bits per heavy atom. The van der Waals surface area contributed by atoms with Gasteiger partial charge in [-0.2, -0.15) is 13.2 Å².